The van der Waals surface area contributed by atoms with Crippen molar-refractivity contribution in [3.05, 3.63) is 29.6 Å². The predicted octanol–water partition coefficient (Wildman–Crippen LogP) is 0.903. The lowest BCUT2D eigenvalue weighted by molar-refractivity contribution is -0.120. The van der Waals surface area contributed by atoms with Crippen molar-refractivity contribution >= 4 is 23.0 Å². The van der Waals surface area contributed by atoms with Crippen molar-refractivity contribution in [2.24, 2.45) is 0 Å². The molecule has 1 fully saturated rings. The maximum Gasteiger partial charge on any atom is 0.317 e. The number of hydrogen-bond acceptors (Lipinski definition) is 3. The second-order valence-electron chi connectivity index (χ2n) is 5.45. The van der Waals surface area contributed by atoms with Gasteiger partial charge in [0.25, 0.3) is 0 Å². The summed E-state index contributed by atoms with van der Waals surface area (Å²) in [5.41, 5.74) is 3.02. The Morgan fingerprint density at radius 3 is 3.14 bits per heavy atom. The second kappa shape index (κ2) is 6.05. The summed E-state index contributed by atoms with van der Waals surface area (Å²) in [7, 11) is 0. The molecule has 3 N–H and O–H groups in total. The molecule has 1 aromatic carbocycles. The third-order valence-corrected chi connectivity index (χ3v) is 3.69. The molecule has 0 aliphatic carbocycles. The maximum atomic E-state index is 12.1. The molecule has 0 spiro atoms. The minimum absolute atomic E-state index is 0.0112. The minimum atomic E-state index is -0.173. The number of aryl methyl sites for hydroxylation is 1. The highest BCUT2D eigenvalue weighted by Crippen LogP contribution is 2.13. The number of hydrogen-bond donors (Lipinski definition) is 3. The smallest absolute Gasteiger partial charge is 0.317 e. The van der Waals surface area contributed by atoms with Crippen LogP contribution in [0.2, 0.25) is 0 Å². The standard InChI is InChI=1S/C15H19N5O2/c1-10-2-3-11-12(8-10)19-13(18-11)9-17-15(22)20-6-4-14(21)16-5-7-20/h2-3,8H,4-7,9H2,1H3,(H,16,21)(H,17,22)(H,18,19). The van der Waals surface area contributed by atoms with Gasteiger partial charge in [-0.2, -0.15) is 0 Å². The molecule has 2 aromatic rings. The fourth-order valence-electron chi connectivity index (χ4n) is 2.50. The summed E-state index contributed by atoms with van der Waals surface area (Å²) in [5, 5.41) is 5.59. The average molecular weight is 301 g/mol. The van der Waals surface area contributed by atoms with Gasteiger partial charge in [-0.3, -0.25) is 4.79 Å². The van der Waals surface area contributed by atoms with Crippen LogP contribution in [0.4, 0.5) is 4.79 Å². The number of rotatable bonds is 2. The Morgan fingerprint density at radius 1 is 1.41 bits per heavy atom. The molecule has 0 saturated carbocycles. The first-order chi connectivity index (χ1) is 10.6. The van der Waals surface area contributed by atoms with E-state index in [9.17, 15) is 9.59 Å². The molecule has 0 radical (unpaired) electrons. The molecular weight excluding hydrogens is 282 g/mol. The van der Waals surface area contributed by atoms with Crippen molar-refractivity contribution in [3.63, 3.8) is 0 Å². The molecule has 1 aromatic heterocycles. The molecule has 1 aliphatic rings. The number of H-pyrrole nitrogens is 1. The van der Waals surface area contributed by atoms with Crippen molar-refractivity contribution in [2.45, 2.75) is 19.9 Å². The van der Waals surface area contributed by atoms with Crippen LogP contribution in [0.5, 0.6) is 0 Å². The number of urea groups is 1. The van der Waals surface area contributed by atoms with E-state index in [-0.39, 0.29) is 11.9 Å². The SMILES string of the molecule is Cc1ccc2nc(CNC(=O)N3CCNC(=O)CC3)[nH]c2c1. The Kier molecular flexibility index (Phi) is 3.95. The van der Waals surface area contributed by atoms with E-state index >= 15 is 0 Å². The lowest BCUT2D eigenvalue weighted by atomic mass is 10.2. The van der Waals surface area contributed by atoms with Gasteiger partial charge in [0.15, 0.2) is 0 Å². The van der Waals surface area contributed by atoms with E-state index in [2.05, 4.69) is 20.6 Å². The van der Waals surface area contributed by atoms with Gasteiger partial charge in [0.2, 0.25) is 5.91 Å². The largest absolute Gasteiger partial charge is 0.354 e. The summed E-state index contributed by atoms with van der Waals surface area (Å²) in [4.78, 5) is 32.7. The van der Waals surface area contributed by atoms with Crippen LogP contribution in [0.15, 0.2) is 18.2 Å². The van der Waals surface area contributed by atoms with Crippen LogP contribution in [-0.4, -0.2) is 46.4 Å². The first-order valence-corrected chi connectivity index (χ1v) is 7.36. The van der Waals surface area contributed by atoms with Crippen molar-refractivity contribution in [2.75, 3.05) is 19.6 Å². The molecule has 3 amide bonds. The van der Waals surface area contributed by atoms with Gasteiger partial charge in [-0.1, -0.05) is 6.07 Å². The molecule has 7 nitrogen and oxygen atoms in total. The number of nitrogens with zero attached hydrogens (tertiary/aromatic N) is 2. The molecule has 0 atom stereocenters. The molecular formula is C15H19N5O2. The van der Waals surface area contributed by atoms with E-state index in [0.717, 1.165) is 22.4 Å². The summed E-state index contributed by atoms with van der Waals surface area (Å²) < 4.78 is 0. The first-order valence-electron chi connectivity index (χ1n) is 7.36. The average Bonchev–Trinajstić information content (AvgIpc) is 2.77. The topological polar surface area (TPSA) is 90.1 Å². The third-order valence-electron chi connectivity index (χ3n) is 3.69. The molecule has 1 aliphatic heterocycles. The lowest BCUT2D eigenvalue weighted by Crippen LogP contribution is -2.41. The Labute approximate surface area is 128 Å². The number of imidazole rings is 1. The van der Waals surface area contributed by atoms with E-state index in [1.165, 1.54) is 0 Å². The highest BCUT2D eigenvalue weighted by Gasteiger charge is 2.18. The van der Waals surface area contributed by atoms with Crippen LogP contribution in [0.3, 0.4) is 0 Å². The Hall–Kier alpha value is -2.57. The number of nitrogens with one attached hydrogen (secondary N) is 3. The van der Waals surface area contributed by atoms with Gasteiger partial charge in [0, 0.05) is 26.1 Å². The van der Waals surface area contributed by atoms with Crippen LogP contribution >= 0.6 is 0 Å². The third kappa shape index (κ3) is 3.19. The Bertz CT molecular complexity index is 709. The number of carbonyl (C=O) groups excluding carboxylic acids is 2. The van der Waals surface area contributed by atoms with Crippen molar-refractivity contribution in [3.8, 4) is 0 Å². The van der Waals surface area contributed by atoms with Gasteiger partial charge in [-0.15, -0.1) is 0 Å². The molecule has 0 unspecified atom stereocenters. The number of aromatic amines is 1. The summed E-state index contributed by atoms with van der Waals surface area (Å²) in [6, 6.07) is 5.82. The maximum absolute atomic E-state index is 12.1. The molecule has 7 heteroatoms. The zero-order chi connectivity index (χ0) is 15.5. The normalized spacial score (nSPS) is 15.5. The number of amides is 3. The fraction of sp³-hybridized carbons (Fsp3) is 0.400. The zero-order valence-electron chi connectivity index (χ0n) is 12.5. The van der Waals surface area contributed by atoms with Gasteiger partial charge in [-0.25, -0.2) is 9.78 Å². The van der Waals surface area contributed by atoms with E-state index in [4.69, 9.17) is 0 Å². The highest BCUT2D eigenvalue weighted by atomic mass is 16.2. The van der Waals surface area contributed by atoms with Gasteiger partial charge >= 0.3 is 6.03 Å². The Balaban J connectivity index is 1.60. The van der Waals surface area contributed by atoms with Gasteiger partial charge in [-0.05, 0) is 24.6 Å². The van der Waals surface area contributed by atoms with Crippen molar-refractivity contribution in [1.82, 2.24) is 25.5 Å². The van der Waals surface area contributed by atoms with E-state index in [0.29, 0.717) is 32.6 Å². The van der Waals surface area contributed by atoms with Crippen LogP contribution in [0.25, 0.3) is 11.0 Å². The number of carbonyl (C=O) groups is 2. The van der Waals surface area contributed by atoms with Crippen LogP contribution in [-0.2, 0) is 11.3 Å². The monoisotopic (exact) mass is 301 g/mol. The molecule has 0 bridgehead atoms. The van der Waals surface area contributed by atoms with E-state index in [1.807, 2.05) is 25.1 Å². The second-order valence-corrected chi connectivity index (χ2v) is 5.45. The van der Waals surface area contributed by atoms with E-state index < -0.39 is 0 Å². The van der Waals surface area contributed by atoms with Crippen molar-refractivity contribution < 1.29 is 9.59 Å². The van der Waals surface area contributed by atoms with Gasteiger partial charge < -0.3 is 20.5 Å². The number of fused-ring (bicyclic) bond motifs is 1. The predicted molar refractivity (Wildman–Crippen MR) is 82.3 cm³/mol. The number of benzene rings is 1. The van der Waals surface area contributed by atoms with Crippen molar-refractivity contribution in [1.29, 1.82) is 0 Å². The summed E-state index contributed by atoms with van der Waals surface area (Å²) in [6.07, 6.45) is 0.345. The molecule has 2 heterocycles. The van der Waals surface area contributed by atoms with Gasteiger partial charge in [0.05, 0.1) is 17.6 Å². The first kappa shape index (κ1) is 14.4. The summed E-state index contributed by atoms with van der Waals surface area (Å²) >= 11 is 0. The molecule has 3 rings (SSSR count). The van der Waals surface area contributed by atoms with Crippen LogP contribution in [0.1, 0.15) is 17.8 Å². The van der Waals surface area contributed by atoms with Crippen LogP contribution in [0, 0.1) is 6.92 Å². The molecule has 1 saturated heterocycles. The zero-order valence-corrected chi connectivity index (χ0v) is 12.5. The Morgan fingerprint density at radius 2 is 2.27 bits per heavy atom. The summed E-state index contributed by atoms with van der Waals surface area (Å²) in [5.74, 6) is 0.709. The molecule has 116 valence electrons. The number of aromatic nitrogens is 2. The van der Waals surface area contributed by atoms with Crippen LogP contribution < -0.4 is 10.6 Å². The minimum Gasteiger partial charge on any atom is -0.354 e. The fourth-order valence-corrected chi connectivity index (χ4v) is 2.50. The molecule has 22 heavy (non-hydrogen) atoms. The quantitative estimate of drug-likeness (QED) is 0.770. The summed E-state index contributed by atoms with van der Waals surface area (Å²) in [6.45, 7) is 3.82. The highest BCUT2D eigenvalue weighted by molar-refractivity contribution is 5.79. The lowest BCUT2D eigenvalue weighted by Gasteiger charge is -2.19. The van der Waals surface area contributed by atoms with E-state index in [1.54, 1.807) is 4.90 Å². The van der Waals surface area contributed by atoms with Gasteiger partial charge in [0.1, 0.15) is 5.82 Å².